The summed E-state index contributed by atoms with van der Waals surface area (Å²) in [6.45, 7) is 3.54. The fraction of sp³-hybridized carbons (Fsp3) is 0.407. The number of alkyl halides is 3. The van der Waals surface area contributed by atoms with Gasteiger partial charge >= 0.3 is 6.18 Å². The van der Waals surface area contributed by atoms with Crippen molar-refractivity contribution in [3.63, 3.8) is 0 Å². The molecule has 2 atom stereocenters. The predicted molar refractivity (Wildman–Crippen MR) is 133 cm³/mol. The number of amides is 1. The number of carbonyl (C=O) groups is 2. The molecule has 9 nitrogen and oxygen atoms in total. The van der Waals surface area contributed by atoms with Gasteiger partial charge in [0.15, 0.2) is 5.69 Å². The number of carboxylic acids is 1. The van der Waals surface area contributed by atoms with Gasteiger partial charge in [0.1, 0.15) is 11.5 Å². The van der Waals surface area contributed by atoms with Crippen molar-refractivity contribution in [3.8, 4) is 5.69 Å². The minimum atomic E-state index is -4.59. The lowest BCUT2D eigenvalue weighted by molar-refractivity contribution is -0.307. The van der Waals surface area contributed by atoms with Gasteiger partial charge < -0.3 is 25.4 Å². The van der Waals surface area contributed by atoms with Gasteiger partial charge in [-0.1, -0.05) is 19.9 Å². The number of rotatable bonds is 12. The van der Waals surface area contributed by atoms with Crippen LogP contribution in [0.1, 0.15) is 72.0 Å². The van der Waals surface area contributed by atoms with Crippen molar-refractivity contribution in [1.82, 2.24) is 20.1 Å². The highest BCUT2D eigenvalue weighted by Crippen LogP contribution is 2.29. The van der Waals surface area contributed by atoms with Crippen LogP contribution in [0.25, 0.3) is 5.69 Å². The number of benzene rings is 1. The molecule has 0 saturated heterocycles. The molecule has 40 heavy (non-hydrogen) atoms. The Balaban J connectivity index is 1.88. The first-order chi connectivity index (χ1) is 18.8. The van der Waals surface area contributed by atoms with E-state index in [0.29, 0.717) is 22.5 Å². The van der Waals surface area contributed by atoms with Crippen LogP contribution in [-0.2, 0) is 23.9 Å². The van der Waals surface area contributed by atoms with E-state index >= 15 is 0 Å². The van der Waals surface area contributed by atoms with E-state index in [1.54, 1.807) is 0 Å². The van der Waals surface area contributed by atoms with Crippen molar-refractivity contribution in [2.24, 2.45) is 0 Å². The summed E-state index contributed by atoms with van der Waals surface area (Å²) in [4.78, 5) is 27.3. The van der Waals surface area contributed by atoms with Crippen LogP contribution in [-0.4, -0.2) is 49.1 Å². The van der Waals surface area contributed by atoms with Crippen molar-refractivity contribution < 1.29 is 42.5 Å². The molecule has 0 saturated carbocycles. The molecule has 2 heterocycles. The first-order valence-electron chi connectivity index (χ1n) is 12.5. The Morgan fingerprint density at radius 3 is 2.30 bits per heavy atom. The lowest BCUT2D eigenvalue weighted by Gasteiger charge is -2.17. The average Bonchev–Trinajstić information content (AvgIpc) is 3.25. The van der Waals surface area contributed by atoms with Gasteiger partial charge in [0.2, 0.25) is 0 Å². The first kappa shape index (κ1) is 30.7. The third-order valence-electron chi connectivity index (χ3n) is 6.11. The predicted octanol–water partition coefficient (Wildman–Crippen LogP) is 2.66. The number of hydrogen-bond acceptors (Lipinski definition) is 7. The van der Waals surface area contributed by atoms with E-state index in [1.165, 1.54) is 35.0 Å². The summed E-state index contributed by atoms with van der Waals surface area (Å²) >= 11 is 0. The molecule has 3 rings (SSSR count). The van der Waals surface area contributed by atoms with Crippen molar-refractivity contribution >= 4 is 11.9 Å². The fourth-order valence-electron chi connectivity index (χ4n) is 4.25. The van der Waals surface area contributed by atoms with E-state index in [9.17, 15) is 42.5 Å². The molecule has 1 amide bonds. The number of aliphatic carboxylic acids is 1. The fourth-order valence-corrected chi connectivity index (χ4v) is 4.25. The van der Waals surface area contributed by atoms with Crippen molar-refractivity contribution in [1.29, 1.82) is 0 Å². The SMILES string of the molecule is CC(C)c1c(C(=O)NCc2ccc(C(F)(F)F)nc2)nn(-c2ccc(F)cc2)c1CC[C@@H](O)C[C@@H](O)CC(=O)[O-]. The van der Waals surface area contributed by atoms with Crippen LogP contribution in [0.4, 0.5) is 17.6 Å². The van der Waals surface area contributed by atoms with Gasteiger partial charge in [0.25, 0.3) is 5.91 Å². The highest BCUT2D eigenvalue weighted by molar-refractivity contribution is 5.94. The summed E-state index contributed by atoms with van der Waals surface area (Å²) in [5.74, 6) is -2.77. The summed E-state index contributed by atoms with van der Waals surface area (Å²) in [6.07, 6.45) is -6.50. The smallest absolute Gasteiger partial charge is 0.433 e. The number of aliphatic hydroxyl groups is 2. The average molecular weight is 566 g/mol. The van der Waals surface area contributed by atoms with Crippen LogP contribution in [0.5, 0.6) is 0 Å². The first-order valence-corrected chi connectivity index (χ1v) is 12.5. The van der Waals surface area contributed by atoms with Crippen molar-refractivity contribution in [2.75, 3.05) is 0 Å². The summed E-state index contributed by atoms with van der Waals surface area (Å²) in [5, 5.41) is 38.0. The standard InChI is InChI=1S/C27H30F4N4O5/c1-15(2)24-21(9-8-19(36)11-20(37)12-23(38)39)35(18-6-4-17(28)5-7-18)34-25(24)26(40)33-14-16-3-10-22(32-13-16)27(29,30)31/h3-7,10,13,15,19-20,36-37H,8-9,11-12,14H2,1-2H3,(H,33,40)(H,38,39)/p-1/t19-,20-/m1/s1. The number of nitrogens with zero attached hydrogens (tertiary/aromatic N) is 3. The van der Waals surface area contributed by atoms with Crippen LogP contribution >= 0.6 is 0 Å². The number of aliphatic hydroxyl groups excluding tert-OH is 2. The second kappa shape index (κ2) is 13.0. The van der Waals surface area contributed by atoms with Crippen LogP contribution in [0.2, 0.25) is 0 Å². The molecule has 0 unspecified atom stereocenters. The lowest BCUT2D eigenvalue weighted by Crippen LogP contribution is -2.29. The monoisotopic (exact) mass is 565 g/mol. The van der Waals surface area contributed by atoms with E-state index < -0.39 is 48.2 Å². The van der Waals surface area contributed by atoms with E-state index in [-0.39, 0.29) is 37.4 Å². The van der Waals surface area contributed by atoms with E-state index in [4.69, 9.17) is 0 Å². The number of carboxylic acid groups (broad SMARTS) is 1. The zero-order valence-corrected chi connectivity index (χ0v) is 21.8. The molecule has 13 heteroatoms. The molecule has 1 aromatic carbocycles. The molecule has 2 aromatic heterocycles. The van der Waals surface area contributed by atoms with Gasteiger partial charge in [0, 0.05) is 36.4 Å². The molecule has 0 bridgehead atoms. The van der Waals surface area contributed by atoms with Gasteiger partial charge in [-0.15, -0.1) is 0 Å². The summed E-state index contributed by atoms with van der Waals surface area (Å²) < 4.78 is 53.4. The van der Waals surface area contributed by atoms with Crippen LogP contribution in [0.15, 0.2) is 42.6 Å². The number of pyridine rings is 1. The molecule has 3 aromatic rings. The number of aromatic nitrogens is 3. The van der Waals surface area contributed by atoms with Gasteiger partial charge in [-0.05, 0) is 61.1 Å². The van der Waals surface area contributed by atoms with Crippen LogP contribution in [0, 0.1) is 5.82 Å². The Bertz CT molecular complexity index is 1310. The maximum atomic E-state index is 13.6. The Labute approximate surface area is 227 Å². The Morgan fingerprint density at radius 2 is 1.75 bits per heavy atom. The highest BCUT2D eigenvalue weighted by atomic mass is 19.4. The van der Waals surface area contributed by atoms with Crippen molar-refractivity contribution in [3.05, 3.63) is 76.6 Å². The van der Waals surface area contributed by atoms with Gasteiger partial charge in [0.05, 0.1) is 17.9 Å². The van der Waals surface area contributed by atoms with E-state index in [0.717, 1.165) is 12.3 Å². The van der Waals surface area contributed by atoms with Crippen LogP contribution < -0.4 is 10.4 Å². The number of hydrogen-bond donors (Lipinski definition) is 3. The topological polar surface area (TPSA) is 140 Å². The third-order valence-corrected chi connectivity index (χ3v) is 6.11. The minimum Gasteiger partial charge on any atom is -0.550 e. The number of carbonyl (C=O) groups excluding carboxylic acids is 2. The largest absolute Gasteiger partial charge is 0.550 e. The molecule has 3 N–H and O–H groups in total. The zero-order chi connectivity index (χ0) is 29.6. The lowest BCUT2D eigenvalue weighted by atomic mass is 9.95. The second-order valence-corrected chi connectivity index (χ2v) is 9.64. The van der Waals surface area contributed by atoms with Gasteiger partial charge in [-0.3, -0.25) is 9.78 Å². The summed E-state index contributed by atoms with van der Waals surface area (Å²) in [6, 6.07) is 7.39. The van der Waals surface area contributed by atoms with Gasteiger partial charge in [-0.2, -0.15) is 18.3 Å². The van der Waals surface area contributed by atoms with E-state index in [1.807, 2.05) is 13.8 Å². The Hall–Kier alpha value is -3.84. The second-order valence-electron chi connectivity index (χ2n) is 9.64. The van der Waals surface area contributed by atoms with Gasteiger partial charge in [-0.25, -0.2) is 9.07 Å². The zero-order valence-electron chi connectivity index (χ0n) is 21.8. The molecule has 0 aliphatic heterocycles. The van der Waals surface area contributed by atoms with E-state index in [2.05, 4.69) is 15.4 Å². The summed E-state index contributed by atoms with van der Waals surface area (Å²) in [5.41, 5.74) is 0.841. The quantitative estimate of drug-likeness (QED) is 0.287. The normalized spacial score (nSPS) is 13.3. The molecular formula is C27H29F4N4O5-. The maximum absolute atomic E-state index is 13.6. The van der Waals surface area contributed by atoms with Crippen LogP contribution in [0.3, 0.4) is 0 Å². The number of nitrogens with one attached hydrogen (secondary N) is 1. The molecular weight excluding hydrogens is 536 g/mol. The highest BCUT2D eigenvalue weighted by Gasteiger charge is 2.32. The Morgan fingerprint density at radius 1 is 1.07 bits per heavy atom. The summed E-state index contributed by atoms with van der Waals surface area (Å²) in [7, 11) is 0. The molecule has 0 aliphatic rings. The molecule has 216 valence electrons. The minimum absolute atomic E-state index is 0.0423. The molecule has 0 spiro atoms. The maximum Gasteiger partial charge on any atom is 0.433 e. The van der Waals surface area contributed by atoms with Crippen molar-refractivity contribution in [2.45, 2.75) is 70.4 Å². The Kier molecular flexibility index (Phi) is 9.98. The molecule has 0 fully saturated rings. The third kappa shape index (κ3) is 8.09. The molecule has 0 radical (unpaired) electrons. The number of halogens is 4. The molecule has 0 aliphatic carbocycles.